The van der Waals surface area contributed by atoms with Crippen LogP contribution in [-0.2, 0) is 19.3 Å². The molecule has 2 aromatic heterocycles. The fraction of sp³-hybridized carbons (Fsp3) is 0.212. The molecule has 0 aliphatic heterocycles. The molecule has 5 aromatic rings. The molecule has 3 heteroatoms. The Morgan fingerprint density at radius 1 is 0.833 bits per heavy atom. The van der Waals surface area contributed by atoms with Crippen LogP contribution in [0.4, 0.5) is 0 Å². The van der Waals surface area contributed by atoms with Crippen LogP contribution in [0.1, 0.15) is 54.3 Å². The van der Waals surface area contributed by atoms with Gasteiger partial charge in [0.05, 0.1) is 11.0 Å². The van der Waals surface area contributed by atoms with Gasteiger partial charge in [-0.25, -0.2) is 0 Å². The van der Waals surface area contributed by atoms with Crippen LogP contribution in [0, 0.1) is 17.5 Å². The van der Waals surface area contributed by atoms with Gasteiger partial charge in [-0.1, -0.05) is 79.2 Å². The van der Waals surface area contributed by atoms with Gasteiger partial charge >= 0.3 is 0 Å². The summed E-state index contributed by atoms with van der Waals surface area (Å²) in [5.74, 6) is 0. The van der Waals surface area contributed by atoms with Crippen molar-refractivity contribution >= 4 is 38.9 Å². The van der Waals surface area contributed by atoms with Crippen molar-refractivity contribution in [2.75, 3.05) is 0 Å². The fourth-order valence-electron chi connectivity index (χ4n) is 5.78. The Labute approximate surface area is 220 Å². The van der Waals surface area contributed by atoms with Crippen molar-refractivity contribution in [2.24, 2.45) is 0 Å². The lowest BCUT2D eigenvalue weighted by Crippen LogP contribution is -2.07. The zero-order valence-electron chi connectivity index (χ0n) is 21.4. The van der Waals surface area contributed by atoms with Crippen molar-refractivity contribution in [1.29, 1.82) is 0 Å². The van der Waals surface area contributed by atoms with Crippen molar-refractivity contribution in [3.63, 3.8) is 0 Å². The molecule has 0 atom stereocenters. The molecule has 2 nitrogen and oxygen atoms in total. The van der Waals surface area contributed by atoms with Crippen molar-refractivity contribution in [3.8, 4) is 11.3 Å². The first-order valence-corrected chi connectivity index (χ1v) is 13.8. The SMILES string of the molecule is CCc1cc(CC)c(-c2[nH]c(C=c3[nH]c4c(c3C)C=c3ccccc3=4)c3ccc(Br)cc23)c(CC)c1. The van der Waals surface area contributed by atoms with E-state index in [4.69, 9.17) is 0 Å². The quantitative estimate of drug-likeness (QED) is 0.234. The molecule has 2 N–H and O–H groups in total. The van der Waals surface area contributed by atoms with E-state index in [1.165, 1.54) is 65.6 Å². The van der Waals surface area contributed by atoms with E-state index in [-0.39, 0.29) is 0 Å². The van der Waals surface area contributed by atoms with Gasteiger partial charge in [-0.05, 0) is 77.9 Å². The molecule has 0 spiro atoms. The normalized spacial score (nSPS) is 12.8. The third-order valence-electron chi connectivity index (χ3n) is 7.74. The summed E-state index contributed by atoms with van der Waals surface area (Å²) in [5.41, 5.74) is 10.6. The number of fused-ring (bicyclic) bond motifs is 3. The van der Waals surface area contributed by atoms with Crippen molar-refractivity contribution in [1.82, 2.24) is 9.97 Å². The van der Waals surface area contributed by atoms with Crippen LogP contribution in [0.15, 0.2) is 59.1 Å². The van der Waals surface area contributed by atoms with Gasteiger partial charge < -0.3 is 9.97 Å². The highest BCUT2D eigenvalue weighted by atomic mass is 79.9. The molecule has 1 aliphatic carbocycles. The van der Waals surface area contributed by atoms with Crippen LogP contribution >= 0.6 is 15.9 Å². The largest absolute Gasteiger partial charge is 0.354 e. The van der Waals surface area contributed by atoms with Gasteiger partial charge in [-0.15, -0.1) is 0 Å². The summed E-state index contributed by atoms with van der Waals surface area (Å²) in [6, 6.07) is 20.0. The molecule has 0 radical (unpaired) electrons. The number of aromatic amines is 2. The number of H-pyrrole nitrogens is 2. The lowest BCUT2D eigenvalue weighted by atomic mass is 9.90. The predicted octanol–water partition coefficient (Wildman–Crippen LogP) is 7.18. The molecule has 0 saturated heterocycles. The highest BCUT2D eigenvalue weighted by Crippen LogP contribution is 2.38. The molecule has 0 unspecified atom stereocenters. The third-order valence-corrected chi connectivity index (χ3v) is 8.23. The van der Waals surface area contributed by atoms with Crippen molar-refractivity contribution < 1.29 is 0 Å². The monoisotopic (exact) mass is 534 g/mol. The molecule has 180 valence electrons. The number of hydrogen-bond acceptors (Lipinski definition) is 0. The summed E-state index contributed by atoms with van der Waals surface area (Å²) in [4.78, 5) is 7.61. The molecule has 6 rings (SSSR count). The lowest BCUT2D eigenvalue weighted by molar-refractivity contribution is 1.04. The molecule has 0 fully saturated rings. The lowest BCUT2D eigenvalue weighted by Gasteiger charge is -2.15. The Hall–Kier alpha value is -3.30. The first-order valence-electron chi connectivity index (χ1n) is 13.0. The summed E-state index contributed by atoms with van der Waals surface area (Å²) in [5, 5.41) is 7.47. The fourth-order valence-corrected chi connectivity index (χ4v) is 6.14. The highest BCUT2D eigenvalue weighted by Gasteiger charge is 2.18. The van der Waals surface area contributed by atoms with E-state index < -0.39 is 0 Å². The van der Waals surface area contributed by atoms with Gasteiger partial charge in [0.1, 0.15) is 0 Å². The maximum atomic E-state index is 3.87. The van der Waals surface area contributed by atoms with E-state index in [1.807, 2.05) is 0 Å². The Balaban J connectivity index is 1.64. The topological polar surface area (TPSA) is 31.6 Å². The molecule has 0 amide bonds. The zero-order chi connectivity index (χ0) is 25.0. The van der Waals surface area contributed by atoms with Gasteiger partial charge in [0.25, 0.3) is 0 Å². The second-order valence-corrected chi connectivity index (χ2v) is 10.7. The minimum absolute atomic E-state index is 1.02. The predicted molar refractivity (Wildman–Crippen MR) is 156 cm³/mol. The standard InChI is InChI=1S/C33H31BrN2/c1-5-20-14-21(6-2)31(22(7-3)15-20)33-28-17-24(34)12-13-26(28)30(36-33)18-29-19(4)27-16-23-10-8-9-11-25(23)32(27)35-29/h8-18,35-36H,5-7H2,1-4H3. The van der Waals surface area contributed by atoms with Gasteiger partial charge in [0, 0.05) is 42.6 Å². The van der Waals surface area contributed by atoms with E-state index in [0.717, 1.165) is 34.8 Å². The van der Waals surface area contributed by atoms with Crippen LogP contribution in [0.2, 0.25) is 0 Å². The Morgan fingerprint density at radius 2 is 1.58 bits per heavy atom. The smallest absolute Gasteiger partial charge is 0.0544 e. The van der Waals surface area contributed by atoms with E-state index in [1.54, 1.807) is 0 Å². The van der Waals surface area contributed by atoms with Crippen molar-refractivity contribution in [2.45, 2.75) is 47.0 Å². The Bertz CT molecular complexity index is 1840. The van der Waals surface area contributed by atoms with Gasteiger partial charge in [-0.2, -0.15) is 0 Å². The maximum absolute atomic E-state index is 3.87. The molecule has 0 saturated carbocycles. The van der Waals surface area contributed by atoms with Crippen LogP contribution < -0.4 is 10.6 Å². The molecule has 36 heavy (non-hydrogen) atoms. The number of aromatic nitrogens is 2. The average molecular weight is 536 g/mol. The van der Waals surface area contributed by atoms with Crippen LogP contribution in [0.25, 0.3) is 34.2 Å². The molecule has 2 heterocycles. The minimum atomic E-state index is 1.02. The van der Waals surface area contributed by atoms with E-state index in [9.17, 15) is 0 Å². The second-order valence-electron chi connectivity index (χ2n) is 9.78. The summed E-state index contributed by atoms with van der Waals surface area (Å²) in [6.45, 7) is 9.00. The van der Waals surface area contributed by atoms with E-state index in [0.29, 0.717) is 0 Å². The van der Waals surface area contributed by atoms with E-state index >= 15 is 0 Å². The Morgan fingerprint density at radius 3 is 2.31 bits per heavy atom. The zero-order valence-corrected chi connectivity index (χ0v) is 22.9. The first kappa shape index (κ1) is 23.1. The van der Waals surface area contributed by atoms with Gasteiger partial charge in [0.15, 0.2) is 0 Å². The number of rotatable bonds is 5. The molecular weight excluding hydrogens is 504 g/mol. The maximum Gasteiger partial charge on any atom is 0.0544 e. The van der Waals surface area contributed by atoms with Crippen LogP contribution in [-0.4, -0.2) is 9.97 Å². The molecule has 3 aromatic carbocycles. The number of hydrogen-bond donors (Lipinski definition) is 2. The number of benzene rings is 3. The second kappa shape index (κ2) is 8.97. The number of nitrogens with one attached hydrogen (secondary N) is 2. The van der Waals surface area contributed by atoms with Gasteiger partial charge in [-0.3, -0.25) is 0 Å². The molecular formula is C33H31BrN2. The molecule has 1 aliphatic rings. The van der Waals surface area contributed by atoms with Crippen molar-refractivity contribution in [3.05, 3.63) is 114 Å². The summed E-state index contributed by atoms with van der Waals surface area (Å²) >= 11 is 3.73. The summed E-state index contributed by atoms with van der Waals surface area (Å²) in [7, 11) is 0. The first-order chi connectivity index (χ1) is 17.5. The van der Waals surface area contributed by atoms with Gasteiger partial charge in [0.2, 0.25) is 0 Å². The Kier molecular flexibility index (Phi) is 5.76. The third kappa shape index (κ3) is 3.60. The molecule has 0 bridgehead atoms. The average Bonchev–Trinajstić information content (AvgIpc) is 3.54. The summed E-state index contributed by atoms with van der Waals surface area (Å²) in [6.07, 6.45) is 7.69. The minimum Gasteiger partial charge on any atom is -0.354 e. The van der Waals surface area contributed by atoms with E-state index in [2.05, 4.69) is 120 Å². The highest BCUT2D eigenvalue weighted by molar-refractivity contribution is 9.10. The number of aryl methyl sites for hydroxylation is 3. The van der Waals surface area contributed by atoms with Crippen LogP contribution in [0.3, 0.4) is 0 Å². The van der Waals surface area contributed by atoms with Crippen LogP contribution in [0.5, 0.6) is 0 Å². The summed E-state index contributed by atoms with van der Waals surface area (Å²) < 4.78 is 1.10. The number of halogens is 1.